The molecule has 0 unspecified atom stereocenters. The highest BCUT2D eigenvalue weighted by molar-refractivity contribution is 7.89. The molecule has 1 saturated heterocycles. The van der Waals surface area contributed by atoms with Crippen molar-refractivity contribution >= 4 is 32.4 Å². The Morgan fingerprint density at radius 3 is 2.56 bits per heavy atom. The summed E-state index contributed by atoms with van der Waals surface area (Å²) >= 11 is 0. The van der Waals surface area contributed by atoms with Crippen LogP contribution in [0.3, 0.4) is 0 Å². The second-order valence-electron chi connectivity index (χ2n) is 8.62. The fourth-order valence-corrected chi connectivity index (χ4v) is 6.40. The minimum absolute atomic E-state index is 0.0939. The van der Waals surface area contributed by atoms with E-state index in [4.69, 9.17) is 0 Å². The highest BCUT2D eigenvalue weighted by Crippen LogP contribution is 2.26. The van der Waals surface area contributed by atoms with Crippen LogP contribution >= 0.6 is 0 Å². The molecule has 3 heterocycles. The van der Waals surface area contributed by atoms with Gasteiger partial charge in [0.15, 0.2) is 5.82 Å². The molecule has 178 valence electrons. The van der Waals surface area contributed by atoms with Gasteiger partial charge in [-0.05, 0) is 56.5 Å². The minimum atomic E-state index is -3.54. The molecule has 9 nitrogen and oxygen atoms in total. The van der Waals surface area contributed by atoms with Crippen LogP contribution in [0.1, 0.15) is 37.6 Å². The molecule has 5 rings (SSSR count). The van der Waals surface area contributed by atoms with E-state index in [2.05, 4.69) is 15.5 Å². The summed E-state index contributed by atoms with van der Waals surface area (Å²) in [4.78, 5) is 13.2. The summed E-state index contributed by atoms with van der Waals surface area (Å²) in [6, 6.07) is 12.8. The SMILES string of the molecule is CCn1c(=O)c2ccccc2n2c(CNc3ccc(C)c(S(=O)(=O)N4CCCCC4)c3)nnc12. The number of hydrogen-bond acceptors (Lipinski definition) is 6. The smallest absolute Gasteiger partial charge is 0.262 e. The second kappa shape index (κ2) is 8.84. The number of sulfonamides is 1. The molecule has 10 heteroatoms. The summed E-state index contributed by atoms with van der Waals surface area (Å²) in [6.45, 7) is 5.66. The van der Waals surface area contributed by atoms with Gasteiger partial charge in [-0.15, -0.1) is 10.2 Å². The molecule has 34 heavy (non-hydrogen) atoms. The number of rotatable bonds is 6. The Balaban J connectivity index is 1.50. The molecule has 1 N–H and O–H groups in total. The van der Waals surface area contributed by atoms with Crippen LogP contribution in [0.5, 0.6) is 0 Å². The minimum Gasteiger partial charge on any atom is -0.378 e. The highest BCUT2D eigenvalue weighted by Gasteiger charge is 2.27. The van der Waals surface area contributed by atoms with E-state index in [1.165, 1.54) is 0 Å². The Morgan fingerprint density at radius 1 is 1.03 bits per heavy atom. The number of piperidine rings is 1. The van der Waals surface area contributed by atoms with Crippen molar-refractivity contribution in [2.45, 2.75) is 51.1 Å². The fraction of sp³-hybridized carbons (Fsp3) is 0.375. The Labute approximate surface area is 198 Å². The van der Waals surface area contributed by atoms with E-state index in [0.29, 0.717) is 53.8 Å². The van der Waals surface area contributed by atoms with E-state index in [0.717, 1.165) is 30.3 Å². The molecule has 1 fully saturated rings. The first kappa shape index (κ1) is 22.5. The molecule has 0 saturated carbocycles. The van der Waals surface area contributed by atoms with Crippen LogP contribution < -0.4 is 10.9 Å². The van der Waals surface area contributed by atoms with E-state index < -0.39 is 10.0 Å². The Morgan fingerprint density at radius 2 is 1.79 bits per heavy atom. The quantitative estimate of drug-likeness (QED) is 0.455. The number of anilines is 1. The van der Waals surface area contributed by atoms with Gasteiger partial charge in [0.2, 0.25) is 15.8 Å². The van der Waals surface area contributed by atoms with E-state index in [9.17, 15) is 13.2 Å². The van der Waals surface area contributed by atoms with Gasteiger partial charge in [0, 0.05) is 25.3 Å². The number of para-hydroxylation sites is 1. The lowest BCUT2D eigenvalue weighted by molar-refractivity contribution is 0.346. The first-order chi connectivity index (χ1) is 16.4. The van der Waals surface area contributed by atoms with Crippen molar-refractivity contribution in [3.8, 4) is 0 Å². The Kier molecular flexibility index (Phi) is 5.86. The molecule has 1 aliphatic rings. The van der Waals surface area contributed by atoms with Crippen LogP contribution in [0.2, 0.25) is 0 Å². The van der Waals surface area contributed by atoms with Crippen molar-refractivity contribution in [1.29, 1.82) is 0 Å². The van der Waals surface area contributed by atoms with Gasteiger partial charge in [0.05, 0.1) is 22.3 Å². The predicted molar refractivity (Wildman–Crippen MR) is 132 cm³/mol. The molecule has 0 atom stereocenters. The molecule has 2 aromatic carbocycles. The number of aryl methyl sites for hydroxylation is 2. The predicted octanol–water partition coefficient (Wildman–Crippen LogP) is 3.16. The number of benzene rings is 2. The lowest BCUT2D eigenvalue weighted by Gasteiger charge is -2.26. The number of hydrogen-bond donors (Lipinski definition) is 1. The first-order valence-corrected chi connectivity index (χ1v) is 13.1. The zero-order chi connectivity index (χ0) is 23.9. The van der Waals surface area contributed by atoms with Gasteiger partial charge in [0.1, 0.15) is 0 Å². The van der Waals surface area contributed by atoms with Crippen molar-refractivity contribution in [3.05, 3.63) is 64.2 Å². The van der Waals surface area contributed by atoms with Gasteiger partial charge in [0.25, 0.3) is 5.56 Å². The summed E-state index contributed by atoms with van der Waals surface area (Å²) in [5.74, 6) is 1.12. The third-order valence-corrected chi connectivity index (χ3v) is 8.50. The van der Waals surface area contributed by atoms with Gasteiger partial charge in [-0.2, -0.15) is 4.31 Å². The van der Waals surface area contributed by atoms with Crippen molar-refractivity contribution in [1.82, 2.24) is 23.5 Å². The molecule has 0 bridgehead atoms. The Hall–Kier alpha value is -3.24. The lowest BCUT2D eigenvalue weighted by atomic mass is 10.2. The van der Waals surface area contributed by atoms with Gasteiger partial charge < -0.3 is 5.32 Å². The van der Waals surface area contributed by atoms with Gasteiger partial charge in [-0.1, -0.05) is 24.6 Å². The van der Waals surface area contributed by atoms with Crippen molar-refractivity contribution in [2.75, 3.05) is 18.4 Å². The highest BCUT2D eigenvalue weighted by atomic mass is 32.2. The molecule has 1 aliphatic heterocycles. The summed E-state index contributed by atoms with van der Waals surface area (Å²) in [7, 11) is -3.54. The summed E-state index contributed by atoms with van der Waals surface area (Å²) in [5, 5.41) is 12.5. The molecule has 0 amide bonds. The normalized spacial score (nSPS) is 15.2. The maximum atomic E-state index is 13.3. The van der Waals surface area contributed by atoms with Crippen molar-refractivity contribution in [2.24, 2.45) is 0 Å². The third-order valence-electron chi connectivity index (χ3n) is 6.46. The Bertz CT molecular complexity index is 1530. The van der Waals surface area contributed by atoms with E-state index in [-0.39, 0.29) is 5.56 Å². The second-order valence-corrected chi connectivity index (χ2v) is 10.5. The molecular formula is C24H28N6O3S. The molecule has 0 aliphatic carbocycles. The van der Waals surface area contributed by atoms with Crippen LogP contribution in [-0.4, -0.2) is 45.0 Å². The lowest BCUT2D eigenvalue weighted by Crippen LogP contribution is -2.36. The van der Waals surface area contributed by atoms with E-state index >= 15 is 0 Å². The molecule has 0 spiro atoms. The summed E-state index contributed by atoms with van der Waals surface area (Å²) in [5.41, 5.74) is 2.06. The molecular weight excluding hydrogens is 452 g/mol. The zero-order valence-electron chi connectivity index (χ0n) is 19.4. The molecule has 0 radical (unpaired) electrons. The third kappa shape index (κ3) is 3.76. The largest absolute Gasteiger partial charge is 0.378 e. The van der Waals surface area contributed by atoms with Crippen LogP contribution in [0, 0.1) is 6.92 Å². The number of nitrogens with zero attached hydrogens (tertiary/aromatic N) is 5. The zero-order valence-corrected chi connectivity index (χ0v) is 20.2. The molecule has 2 aromatic heterocycles. The van der Waals surface area contributed by atoms with Crippen molar-refractivity contribution in [3.63, 3.8) is 0 Å². The van der Waals surface area contributed by atoms with Crippen LogP contribution in [0.15, 0.2) is 52.2 Å². The summed E-state index contributed by atoms with van der Waals surface area (Å²) < 4.78 is 31.6. The monoisotopic (exact) mass is 480 g/mol. The standard InChI is InChI=1S/C24H28N6O3S/c1-3-29-23(31)19-9-5-6-10-20(19)30-22(26-27-24(29)30)16-25-18-12-11-17(2)21(15-18)34(32,33)28-13-7-4-8-14-28/h5-6,9-12,15,25H,3-4,7-8,13-14,16H2,1-2H3. The summed E-state index contributed by atoms with van der Waals surface area (Å²) in [6.07, 6.45) is 2.86. The number of fused-ring (bicyclic) bond motifs is 3. The number of nitrogens with one attached hydrogen (secondary N) is 1. The van der Waals surface area contributed by atoms with Crippen LogP contribution in [0.25, 0.3) is 16.7 Å². The van der Waals surface area contributed by atoms with Crippen molar-refractivity contribution < 1.29 is 8.42 Å². The van der Waals surface area contributed by atoms with Crippen LogP contribution in [0.4, 0.5) is 5.69 Å². The fourth-order valence-electron chi connectivity index (χ4n) is 4.63. The topological polar surface area (TPSA) is 102 Å². The van der Waals surface area contributed by atoms with Gasteiger partial charge in [-0.25, -0.2) is 8.42 Å². The first-order valence-electron chi connectivity index (χ1n) is 11.6. The van der Waals surface area contributed by atoms with Gasteiger partial charge in [-0.3, -0.25) is 13.8 Å². The number of aromatic nitrogens is 4. The van der Waals surface area contributed by atoms with Crippen LogP contribution in [-0.2, 0) is 23.1 Å². The molecule has 4 aromatic rings. The van der Waals surface area contributed by atoms with Gasteiger partial charge >= 0.3 is 0 Å². The van der Waals surface area contributed by atoms with E-state index in [1.54, 1.807) is 21.0 Å². The average Bonchev–Trinajstić information content (AvgIpc) is 3.28. The average molecular weight is 481 g/mol. The maximum Gasteiger partial charge on any atom is 0.262 e. The maximum absolute atomic E-state index is 13.3. The van der Waals surface area contributed by atoms with E-state index in [1.807, 2.05) is 48.6 Å².